The average Bonchev–Trinajstić information content (AvgIpc) is 2.89. The summed E-state index contributed by atoms with van der Waals surface area (Å²) < 4.78 is 16.3. The predicted octanol–water partition coefficient (Wildman–Crippen LogP) is 5.20. The molecule has 0 spiro atoms. The zero-order chi connectivity index (χ0) is 24.6. The molecule has 1 aliphatic carbocycles. The fourth-order valence-electron chi connectivity index (χ4n) is 4.27. The number of aliphatic hydroxyl groups is 1. The zero-order valence-electron chi connectivity index (χ0n) is 19.6. The van der Waals surface area contributed by atoms with Gasteiger partial charge < -0.3 is 19.3 Å². The van der Waals surface area contributed by atoms with Gasteiger partial charge in [0.05, 0.1) is 30.7 Å². The van der Waals surface area contributed by atoms with Gasteiger partial charge in [0.1, 0.15) is 5.75 Å². The second-order valence-electron chi connectivity index (χ2n) is 8.24. The third kappa shape index (κ3) is 5.81. The molecule has 0 aromatic heterocycles. The predicted molar refractivity (Wildman–Crippen MR) is 132 cm³/mol. The molecule has 1 unspecified atom stereocenters. The van der Waals surface area contributed by atoms with Crippen molar-refractivity contribution < 1.29 is 28.9 Å². The molecule has 0 radical (unpaired) electrons. The number of aliphatic hydroxyl groups excluding tert-OH is 1. The Morgan fingerprint density at radius 3 is 2.20 bits per heavy atom. The third-order valence-corrected chi connectivity index (χ3v) is 5.98. The minimum absolute atomic E-state index is 0.0729. The van der Waals surface area contributed by atoms with Gasteiger partial charge in [0, 0.05) is 5.92 Å². The zero-order valence-corrected chi connectivity index (χ0v) is 19.6. The standard InChI is InChI=1S/C28H29NO6/c1-2-33-26(30)19-34-25-15-9-14-24-23(25)17-16-20(27(24)31)18-35-28(32)29(21-10-5-3-6-11-21)22-12-7-4-8-13-22/h3-15,20,27,31H,2,16-19H2,1H3/t20-,27?/m0/s1. The highest BCUT2D eigenvalue weighted by atomic mass is 16.6. The summed E-state index contributed by atoms with van der Waals surface area (Å²) in [5.74, 6) is -0.142. The quantitative estimate of drug-likeness (QED) is 0.451. The molecule has 1 N–H and O–H groups in total. The summed E-state index contributed by atoms with van der Waals surface area (Å²) in [6.07, 6.45) is -0.0847. The lowest BCUT2D eigenvalue weighted by Gasteiger charge is -2.31. The third-order valence-electron chi connectivity index (χ3n) is 5.98. The number of amides is 1. The topological polar surface area (TPSA) is 85.3 Å². The maximum Gasteiger partial charge on any atom is 0.418 e. The first kappa shape index (κ1) is 24.3. The Morgan fingerprint density at radius 1 is 0.914 bits per heavy atom. The molecule has 0 fully saturated rings. The van der Waals surface area contributed by atoms with Crippen LogP contribution >= 0.6 is 0 Å². The molecular weight excluding hydrogens is 446 g/mol. The number of fused-ring (bicyclic) bond motifs is 1. The Kier molecular flexibility index (Phi) is 8.00. The molecule has 7 nitrogen and oxygen atoms in total. The number of benzene rings is 3. The lowest BCUT2D eigenvalue weighted by molar-refractivity contribution is -0.145. The average molecular weight is 476 g/mol. The number of para-hydroxylation sites is 2. The van der Waals surface area contributed by atoms with E-state index in [1.165, 1.54) is 4.90 Å². The van der Waals surface area contributed by atoms with Crippen LogP contribution in [-0.2, 0) is 20.7 Å². The first-order valence-corrected chi connectivity index (χ1v) is 11.7. The number of rotatable bonds is 8. The summed E-state index contributed by atoms with van der Waals surface area (Å²) in [6, 6.07) is 24.0. The van der Waals surface area contributed by atoms with Crippen molar-refractivity contribution in [3.8, 4) is 5.75 Å². The van der Waals surface area contributed by atoms with Crippen LogP contribution < -0.4 is 9.64 Å². The van der Waals surface area contributed by atoms with E-state index in [0.29, 0.717) is 36.6 Å². The van der Waals surface area contributed by atoms with Gasteiger partial charge in [-0.1, -0.05) is 48.5 Å². The van der Waals surface area contributed by atoms with E-state index in [2.05, 4.69) is 0 Å². The van der Waals surface area contributed by atoms with Crippen LogP contribution in [0.5, 0.6) is 5.75 Å². The molecule has 35 heavy (non-hydrogen) atoms. The second kappa shape index (κ2) is 11.5. The van der Waals surface area contributed by atoms with E-state index in [-0.39, 0.29) is 19.1 Å². The van der Waals surface area contributed by atoms with E-state index in [4.69, 9.17) is 14.2 Å². The highest BCUT2D eigenvalue weighted by Gasteiger charge is 2.32. The molecule has 0 heterocycles. The van der Waals surface area contributed by atoms with Crippen LogP contribution in [0, 0.1) is 5.92 Å². The van der Waals surface area contributed by atoms with Gasteiger partial charge in [0.15, 0.2) is 6.61 Å². The normalized spacial score (nSPS) is 16.6. The Labute approximate surface area is 204 Å². The molecule has 0 bridgehead atoms. The smallest absolute Gasteiger partial charge is 0.418 e. The molecule has 0 saturated carbocycles. The second-order valence-corrected chi connectivity index (χ2v) is 8.24. The van der Waals surface area contributed by atoms with E-state index in [1.807, 2.05) is 66.7 Å². The first-order chi connectivity index (χ1) is 17.1. The van der Waals surface area contributed by atoms with Crippen LogP contribution in [0.2, 0.25) is 0 Å². The van der Waals surface area contributed by atoms with Gasteiger partial charge in [0.2, 0.25) is 0 Å². The molecule has 1 amide bonds. The van der Waals surface area contributed by atoms with Crippen molar-refractivity contribution in [1.29, 1.82) is 0 Å². The van der Waals surface area contributed by atoms with Crippen molar-refractivity contribution in [1.82, 2.24) is 0 Å². The molecule has 3 aromatic carbocycles. The van der Waals surface area contributed by atoms with Gasteiger partial charge in [-0.3, -0.25) is 0 Å². The lowest BCUT2D eigenvalue weighted by Crippen LogP contribution is -2.31. The fourth-order valence-corrected chi connectivity index (χ4v) is 4.27. The van der Waals surface area contributed by atoms with Crippen LogP contribution in [-0.4, -0.2) is 37.0 Å². The van der Waals surface area contributed by atoms with Crippen molar-refractivity contribution in [3.63, 3.8) is 0 Å². The van der Waals surface area contributed by atoms with Gasteiger partial charge in [0.25, 0.3) is 0 Å². The molecule has 3 aromatic rings. The first-order valence-electron chi connectivity index (χ1n) is 11.7. The van der Waals surface area contributed by atoms with E-state index in [0.717, 1.165) is 11.1 Å². The Hall–Kier alpha value is -3.84. The number of ether oxygens (including phenoxy) is 3. The summed E-state index contributed by atoms with van der Waals surface area (Å²) in [7, 11) is 0. The molecule has 7 heteroatoms. The number of hydrogen-bond donors (Lipinski definition) is 1. The van der Waals surface area contributed by atoms with Crippen molar-refractivity contribution in [2.45, 2.75) is 25.9 Å². The van der Waals surface area contributed by atoms with Gasteiger partial charge in [-0.25, -0.2) is 14.5 Å². The summed E-state index contributed by atoms with van der Waals surface area (Å²) in [5.41, 5.74) is 2.98. The maximum atomic E-state index is 13.2. The SMILES string of the molecule is CCOC(=O)COc1cccc2c1CC[C@@H](COC(=O)N(c1ccccc1)c1ccccc1)C2O. The van der Waals surface area contributed by atoms with Crippen molar-refractivity contribution in [2.75, 3.05) is 24.7 Å². The molecule has 1 aliphatic rings. The van der Waals surface area contributed by atoms with Crippen molar-refractivity contribution in [2.24, 2.45) is 5.92 Å². The number of hydrogen-bond acceptors (Lipinski definition) is 6. The van der Waals surface area contributed by atoms with Gasteiger partial charge >= 0.3 is 12.1 Å². The van der Waals surface area contributed by atoms with E-state index >= 15 is 0 Å². The Morgan fingerprint density at radius 2 is 1.57 bits per heavy atom. The van der Waals surface area contributed by atoms with E-state index < -0.39 is 18.2 Å². The minimum atomic E-state index is -0.820. The van der Waals surface area contributed by atoms with Gasteiger partial charge in [-0.2, -0.15) is 0 Å². The highest BCUT2D eigenvalue weighted by Crippen LogP contribution is 2.39. The number of nitrogens with zero attached hydrogens (tertiary/aromatic N) is 1. The monoisotopic (exact) mass is 475 g/mol. The van der Waals surface area contributed by atoms with Crippen molar-refractivity contribution >= 4 is 23.4 Å². The van der Waals surface area contributed by atoms with Crippen LogP contribution in [0.15, 0.2) is 78.9 Å². The molecular formula is C28H29NO6. The van der Waals surface area contributed by atoms with Crippen molar-refractivity contribution in [3.05, 3.63) is 90.0 Å². The molecule has 4 rings (SSSR count). The summed E-state index contributed by atoms with van der Waals surface area (Å²) >= 11 is 0. The molecule has 2 atom stereocenters. The highest BCUT2D eigenvalue weighted by molar-refractivity contribution is 5.95. The number of carbonyl (C=O) groups is 2. The van der Waals surface area contributed by atoms with Crippen LogP contribution in [0.3, 0.4) is 0 Å². The Balaban J connectivity index is 1.44. The van der Waals surface area contributed by atoms with Crippen LogP contribution in [0.25, 0.3) is 0 Å². The van der Waals surface area contributed by atoms with E-state index in [1.54, 1.807) is 19.1 Å². The number of esters is 1. The largest absolute Gasteiger partial charge is 0.482 e. The van der Waals surface area contributed by atoms with E-state index in [9.17, 15) is 14.7 Å². The Bertz CT molecular complexity index is 1100. The maximum absolute atomic E-state index is 13.2. The summed E-state index contributed by atoms with van der Waals surface area (Å²) in [5, 5.41) is 11.0. The van der Waals surface area contributed by atoms with Crippen LogP contribution in [0.4, 0.5) is 16.2 Å². The molecule has 0 saturated heterocycles. The lowest BCUT2D eigenvalue weighted by atomic mass is 9.81. The van der Waals surface area contributed by atoms with Gasteiger partial charge in [-0.15, -0.1) is 0 Å². The minimum Gasteiger partial charge on any atom is -0.482 e. The fraction of sp³-hybridized carbons (Fsp3) is 0.286. The summed E-state index contributed by atoms with van der Waals surface area (Å²) in [4.78, 5) is 26.3. The number of carbonyl (C=O) groups excluding carboxylic acids is 2. The molecule has 0 aliphatic heterocycles. The van der Waals surface area contributed by atoms with Crippen LogP contribution in [0.1, 0.15) is 30.6 Å². The number of anilines is 2. The van der Waals surface area contributed by atoms with Gasteiger partial charge in [-0.05, 0) is 61.2 Å². The molecule has 182 valence electrons. The summed E-state index contributed by atoms with van der Waals surface area (Å²) in [6.45, 7) is 1.92.